The summed E-state index contributed by atoms with van der Waals surface area (Å²) in [6, 6.07) is 13.8. The van der Waals surface area contributed by atoms with E-state index in [2.05, 4.69) is 6.07 Å². The fraction of sp³-hybridized carbons (Fsp3) is 0.0769. The third kappa shape index (κ3) is 2.94. The largest absolute Gasteiger partial charge is 0.0901 e. The van der Waals surface area contributed by atoms with Gasteiger partial charge in [0.25, 0.3) is 0 Å². The third-order valence-corrected chi connectivity index (χ3v) is 3.85. The van der Waals surface area contributed by atoms with E-state index in [1.807, 2.05) is 43.3 Å². The van der Waals surface area contributed by atoms with Crippen LogP contribution < -0.4 is 0 Å². The van der Waals surface area contributed by atoms with Crippen LogP contribution in [-0.2, 0) is 0 Å². The first-order valence-electron chi connectivity index (χ1n) is 4.85. The van der Waals surface area contributed by atoms with E-state index < -0.39 is 0 Å². The number of hydrogen-bond donors (Lipinski definition) is 0. The van der Waals surface area contributed by atoms with Gasteiger partial charge in [-0.1, -0.05) is 35.0 Å². The lowest BCUT2D eigenvalue weighted by atomic mass is 10.2. The van der Waals surface area contributed by atoms with Crippen molar-refractivity contribution in [1.82, 2.24) is 0 Å². The first-order chi connectivity index (χ1) is 7.65. The zero-order valence-electron chi connectivity index (χ0n) is 8.71. The molecule has 0 aliphatic heterocycles. The topological polar surface area (TPSA) is 0 Å². The smallest absolute Gasteiger partial charge is 0.0435 e. The molecule has 0 radical (unpaired) electrons. The van der Waals surface area contributed by atoms with Crippen LogP contribution in [0, 0.1) is 6.92 Å². The lowest BCUT2D eigenvalue weighted by Gasteiger charge is -2.04. The molecule has 2 aromatic carbocycles. The molecule has 0 bridgehead atoms. The van der Waals surface area contributed by atoms with Crippen LogP contribution in [0.5, 0.6) is 0 Å². The minimum atomic E-state index is 0.761. The lowest BCUT2D eigenvalue weighted by Crippen LogP contribution is -1.78. The Morgan fingerprint density at radius 1 is 0.875 bits per heavy atom. The highest BCUT2D eigenvalue weighted by molar-refractivity contribution is 7.99. The van der Waals surface area contributed by atoms with Crippen LogP contribution in [0.2, 0.25) is 10.0 Å². The summed E-state index contributed by atoms with van der Waals surface area (Å²) in [6.07, 6.45) is 0. The molecule has 0 heterocycles. The molecule has 0 nitrogen and oxygen atoms in total. The first kappa shape index (κ1) is 11.8. The molecule has 0 amide bonds. The van der Waals surface area contributed by atoms with Crippen molar-refractivity contribution >= 4 is 35.0 Å². The summed E-state index contributed by atoms with van der Waals surface area (Å²) in [7, 11) is 0. The lowest BCUT2D eigenvalue weighted by molar-refractivity contribution is 1.35. The van der Waals surface area contributed by atoms with Crippen molar-refractivity contribution in [2.24, 2.45) is 0 Å². The maximum atomic E-state index is 5.98. The predicted octanol–water partition coefficient (Wildman–Crippen LogP) is 5.45. The Labute approximate surface area is 110 Å². The fourth-order valence-electron chi connectivity index (χ4n) is 1.32. The zero-order chi connectivity index (χ0) is 11.5. The zero-order valence-corrected chi connectivity index (χ0v) is 11.0. The molecule has 0 atom stereocenters. The molecule has 0 saturated heterocycles. The molecular weight excluding hydrogens is 259 g/mol. The Balaban J connectivity index is 2.20. The minimum Gasteiger partial charge on any atom is -0.0901 e. The van der Waals surface area contributed by atoms with E-state index in [4.69, 9.17) is 23.2 Å². The van der Waals surface area contributed by atoms with Gasteiger partial charge in [0.1, 0.15) is 0 Å². The SMILES string of the molecule is Cc1cc(Sc2ccc(Cl)cc2)ccc1Cl. The number of benzene rings is 2. The molecule has 2 aromatic rings. The van der Waals surface area contributed by atoms with Crippen molar-refractivity contribution in [2.75, 3.05) is 0 Å². The Morgan fingerprint density at radius 3 is 2.12 bits per heavy atom. The van der Waals surface area contributed by atoms with Crippen molar-refractivity contribution in [3.05, 3.63) is 58.1 Å². The molecular formula is C13H10Cl2S. The van der Waals surface area contributed by atoms with Crippen LogP contribution in [0.15, 0.2) is 52.3 Å². The second-order valence-corrected chi connectivity index (χ2v) is 5.46. The predicted molar refractivity (Wildman–Crippen MR) is 71.8 cm³/mol. The monoisotopic (exact) mass is 268 g/mol. The van der Waals surface area contributed by atoms with Crippen LogP contribution in [0.3, 0.4) is 0 Å². The van der Waals surface area contributed by atoms with E-state index in [0.717, 1.165) is 15.6 Å². The molecule has 0 spiro atoms. The molecule has 0 aliphatic carbocycles. The number of rotatable bonds is 2. The van der Waals surface area contributed by atoms with Gasteiger partial charge in [-0.2, -0.15) is 0 Å². The van der Waals surface area contributed by atoms with Gasteiger partial charge in [0.15, 0.2) is 0 Å². The third-order valence-electron chi connectivity index (χ3n) is 2.18. The van der Waals surface area contributed by atoms with Gasteiger partial charge in [-0.3, -0.25) is 0 Å². The van der Waals surface area contributed by atoms with Gasteiger partial charge in [-0.15, -0.1) is 0 Å². The van der Waals surface area contributed by atoms with Gasteiger partial charge >= 0.3 is 0 Å². The van der Waals surface area contributed by atoms with Crippen molar-refractivity contribution in [3.8, 4) is 0 Å². The molecule has 16 heavy (non-hydrogen) atoms. The summed E-state index contributed by atoms with van der Waals surface area (Å²) in [4.78, 5) is 2.36. The minimum absolute atomic E-state index is 0.761. The van der Waals surface area contributed by atoms with Gasteiger partial charge < -0.3 is 0 Å². The molecule has 3 heteroatoms. The van der Waals surface area contributed by atoms with Crippen LogP contribution >= 0.6 is 35.0 Å². The number of hydrogen-bond acceptors (Lipinski definition) is 1. The maximum Gasteiger partial charge on any atom is 0.0435 e. The summed E-state index contributed by atoms with van der Waals surface area (Å²) in [5, 5.41) is 1.57. The van der Waals surface area contributed by atoms with Gasteiger partial charge in [0.2, 0.25) is 0 Å². The molecule has 0 saturated carbocycles. The number of halogens is 2. The van der Waals surface area contributed by atoms with Crippen LogP contribution in [-0.4, -0.2) is 0 Å². The molecule has 2 rings (SSSR count). The standard InChI is InChI=1S/C13H10Cl2S/c1-9-8-12(6-7-13(9)15)16-11-4-2-10(14)3-5-11/h2-8H,1H3. The van der Waals surface area contributed by atoms with E-state index in [-0.39, 0.29) is 0 Å². The van der Waals surface area contributed by atoms with Crippen molar-refractivity contribution in [1.29, 1.82) is 0 Å². The highest BCUT2D eigenvalue weighted by atomic mass is 35.5. The van der Waals surface area contributed by atoms with Crippen LogP contribution in [0.25, 0.3) is 0 Å². The maximum absolute atomic E-state index is 5.98. The Morgan fingerprint density at radius 2 is 1.50 bits per heavy atom. The average Bonchev–Trinajstić information content (AvgIpc) is 2.27. The fourth-order valence-corrected chi connectivity index (χ4v) is 2.48. The summed E-state index contributed by atoms with van der Waals surface area (Å²) >= 11 is 13.5. The molecule has 0 unspecified atom stereocenters. The van der Waals surface area contributed by atoms with E-state index in [9.17, 15) is 0 Å². The summed E-state index contributed by atoms with van der Waals surface area (Å²) in [6.45, 7) is 2.01. The highest BCUT2D eigenvalue weighted by Crippen LogP contribution is 2.30. The van der Waals surface area contributed by atoms with Gasteiger partial charge in [-0.05, 0) is 55.0 Å². The summed E-state index contributed by atoms with van der Waals surface area (Å²) in [5.74, 6) is 0. The summed E-state index contributed by atoms with van der Waals surface area (Å²) in [5.41, 5.74) is 1.10. The quantitative estimate of drug-likeness (QED) is 0.698. The normalized spacial score (nSPS) is 10.4. The van der Waals surface area contributed by atoms with Crippen molar-refractivity contribution < 1.29 is 0 Å². The second-order valence-electron chi connectivity index (χ2n) is 3.47. The van der Waals surface area contributed by atoms with E-state index in [1.165, 1.54) is 9.79 Å². The highest BCUT2D eigenvalue weighted by Gasteiger charge is 2.00. The second kappa shape index (κ2) is 5.13. The van der Waals surface area contributed by atoms with Gasteiger partial charge in [-0.25, -0.2) is 0 Å². The van der Waals surface area contributed by atoms with Gasteiger partial charge in [0.05, 0.1) is 0 Å². The van der Waals surface area contributed by atoms with Crippen LogP contribution in [0.4, 0.5) is 0 Å². The molecule has 0 N–H and O–H groups in total. The van der Waals surface area contributed by atoms with Crippen LogP contribution in [0.1, 0.15) is 5.56 Å². The van der Waals surface area contributed by atoms with E-state index in [0.29, 0.717) is 0 Å². The molecule has 0 aromatic heterocycles. The molecule has 0 fully saturated rings. The Bertz CT molecular complexity index is 492. The van der Waals surface area contributed by atoms with Crippen molar-refractivity contribution in [2.45, 2.75) is 16.7 Å². The van der Waals surface area contributed by atoms with E-state index in [1.54, 1.807) is 11.8 Å². The Kier molecular flexibility index (Phi) is 3.80. The van der Waals surface area contributed by atoms with Gasteiger partial charge in [0, 0.05) is 19.8 Å². The number of aryl methyl sites for hydroxylation is 1. The van der Waals surface area contributed by atoms with E-state index >= 15 is 0 Å². The van der Waals surface area contributed by atoms with Crippen molar-refractivity contribution in [3.63, 3.8) is 0 Å². The molecule has 0 aliphatic rings. The summed E-state index contributed by atoms with van der Waals surface area (Å²) < 4.78 is 0. The average molecular weight is 269 g/mol. The first-order valence-corrected chi connectivity index (χ1v) is 6.42. The molecule has 82 valence electrons. The Hall–Kier alpha value is -0.630.